The number of aromatic nitrogens is 4. The van der Waals surface area contributed by atoms with Gasteiger partial charge in [0.15, 0.2) is 9.84 Å². The lowest BCUT2D eigenvalue weighted by atomic mass is 10.0. The summed E-state index contributed by atoms with van der Waals surface area (Å²) in [5.41, 5.74) is 3.95. The van der Waals surface area contributed by atoms with Gasteiger partial charge in [-0.05, 0) is 36.8 Å². The second-order valence-corrected chi connectivity index (χ2v) is 10.6. The number of furan rings is 1. The molecular weight excluding hydrogens is 455 g/mol. The van der Waals surface area contributed by atoms with E-state index in [1.807, 2.05) is 42.6 Å². The molecule has 3 aromatic heterocycles. The zero-order valence-electron chi connectivity index (χ0n) is 17.9. The average molecular weight is 475 g/mol. The summed E-state index contributed by atoms with van der Waals surface area (Å²) in [7, 11) is -3.10. The Hall–Kier alpha value is -3.85. The summed E-state index contributed by atoms with van der Waals surface area (Å²) in [6.45, 7) is 0. The molecule has 9 heteroatoms. The molecule has 0 N–H and O–H groups in total. The van der Waals surface area contributed by atoms with Gasteiger partial charge in [0.2, 0.25) is 5.71 Å². The molecule has 4 heterocycles. The van der Waals surface area contributed by atoms with E-state index >= 15 is 0 Å². The lowest BCUT2D eigenvalue weighted by molar-refractivity contribution is 0.501. The van der Waals surface area contributed by atoms with Crippen molar-refractivity contribution in [2.24, 2.45) is 0 Å². The molecule has 0 bridgehead atoms. The molecule has 5 aromatic rings. The maximum absolute atomic E-state index is 13.6. The van der Waals surface area contributed by atoms with Gasteiger partial charge in [-0.15, -0.1) is 0 Å². The molecule has 34 heavy (non-hydrogen) atoms. The second-order valence-electron chi connectivity index (χ2n) is 8.35. The summed E-state index contributed by atoms with van der Waals surface area (Å²) >= 11 is 0. The van der Waals surface area contributed by atoms with Gasteiger partial charge in [-0.2, -0.15) is 5.10 Å². The van der Waals surface area contributed by atoms with E-state index in [9.17, 15) is 12.8 Å². The number of fused-ring (bicyclic) bond motifs is 1. The van der Waals surface area contributed by atoms with E-state index in [2.05, 4.69) is 9.97 Å². The van der Waals surface area contributed by atoms with Crippen molar-refractivity contribution in [1.29, 1.82) is 0 Å². The van der Waals surface area contributed by atoms with Crippen LogP contribution in [0.5, 0.6) is 0 Å². The molecule has 0 amide bonds. The van der Waals surface area contributed by atoms with Crippen LogP contribution in [0.25, 0.3) is 44.9 Å². The van der Waals surface area contributed by atoms with E-state index in [0.717, 1.165) is 5.56 Å². The van der Waals surface area contributed by atoms with Gasteiger partial charge in [-0.25, -0.2) is 22.8 Å². The van der Waals surface area contributed by atoms with Crippen LogP contribution in [0.2, 0.25) is 0 Å². The SMILES string of the molecule is O=S1(=O)CCC(n2cc(-c3ncnc4oc(-c5ccccc5)cc34)c(-c3ccc(F)cc3)n2)C1. The summed E-state index contributed by atoms with van der Waals surface area (Å²) in [6.07, 6.45) is 3.75. The molecule has 7 nitrogen and oxygen atoms in total. The molecule has 0 spiro atoms. The van der Waals surface area contributed by atoms with Crippen LogP contribution < -0.4 is 0 Å². The standard InChI is InChI=1S/C25H19FN4O3S/c26-18-8-6-17(7-9-18)23-21(13-30(29-23)19-10-11-34(31,32)14-19)24-20-12-22(16-4-2-1-3-5-16)33-25(20)28-15-27-24/h1-9,12-13,15,19H,10-11,14H2. The van der Waals surface area contributed by atoms with E-state index in [-0.39, 0.29) is 23.4 Å². The highest BCUT2D eigenvalue weighted by atomic mass is 32.2. The Labute approximate surface area is 194 Å². The lowest BCUT2D eigenvalue weighted by Gasteiger charge is -2.07. The first kappa shape index (κ1) is 20.7. The van der Waals surface area contributed by atoms with Crippen LogP contribution in [0.15, 0.2) is 77.6 Å². The molecule has 0 aliphatic carbocycles. The van der Waals surface area contributed by atoms with E-state index < -0.39 is 9.84 Å². The quantitative estimate of drug-likeness (QED) is 0.367. The Balaban J connectivity index is 1.53. The summed E-state index contributed by atoms with van der Waals surface area (Å²) in [5.74, 6) is 0.493. The fourth-order valence-electron chi connectivity index (χ4n) is 4.37. The fourth-order valence-corrected chi connectivity index (χ4v) is 6.08. The largest absolute Gasteiger partial charge is 0.438 e. The molecule has 1 aliphatic rings. The van der Waals surface area contributed by atoms with Crippen molar-refractivity contribution in [3.63, 3.8) is 0 Å². The second kappa shape index (κ2) is 7.88. The van der Waals surface area contributed by atoms with Gasteiger partial charge in [0.05, 0.1) is 28.6 Å². The predicted molar refractivity (Wildman–Crippen MR) is 126 cm³/mol. The smallest absolute Gasteiger partial charge is 0.230 e. The maximum atomic E-state index is 13.6. The van der Waals surface area contributed by atoms with Crippen molar-refractivity contribution < 1.29 is 17.2 Å². The molecule has 6 rings (SSSR count). The summed E-state index contributed by atoms with van der Waals surface area (Å²) in [6, 6.07) is 17.4. The van der Waals surface area contributed by atoms with Gasteiger partial charge < -0.3 is 4.42 Å². The van der Waals surface area contributed by atoms with Crippen molar-refractivity contribution in [1.82, 2.24) is 19.7 Å². The zero-order chi connectivity index (χ0) is 23.3. The summed E-state index contributed by atoms with van der Waals surface area (Å²) < 4.78 is 45.5. The summed E-state index contributed by atoms with van der Waals surface area (Å²) in [4.78, 5) is 8.84. The first-order valence-electron chi connectivity index (χ1n) is 10.8. The Morgan fingerprint density at radius 3 is 2.50 bits per heavy atom. The molecule has 1 fully saturated rings. The van der Waals surface area contributed by atoms with E-state index in [0.29, 0.717) is 45.8 Å². The number of hydrogen-bond donors (Lipinski definition) is 0. The monoisotopic (exact) mass is 474 g/mol. The van der Waals surface area contributed by atoms with Crippen molar-refractivity contribution in [2.45, 2.75) is 12.5 Å². The number of sulfone groups is 1. The molecule has 0 saturated carbocycles. The van der Waals surface area contributed by atoms with Crippen LogP contribution in [-0.2, 0) is 9.84 Å². The predicted octanol–water partition coefficient (Wildman–Crippen LogP) is 4.92. The van der Waals surface area contributed by atoms with Gasteiger partial charge in [-0.1, -0.05) is 30.3 Å². The normalized spacial score (nSPS) is 17.4. The summed E-state index contributed by atoms with van der Waals surface area (Å²) in [5, 5.41) is 5.46. The third kappa shape index (κ3) is 3.67. The third-order valence-corrected chi connectivity index (χ3v) is 7.83. The maximum Gasteiger partial charge on any atom is 0.230 e. The highest BCUT2D eigenvalue weighted by Gasteiger charge is 2.31. The average Bonchev–Trinajstić information content (AvgIpc) is 3.56. The fraction of sp³-hybridized carbons (Fsp3) is 0.160. The third-order valence-electron chi connectivity index (χ3n) is 6.07. The van der Waals surface area contributed by atoms with E-state index in [1.165, 1.54) is 18.5 Å². The molecular formula is C25H19FN4O3S. The van der Waals surface area contributed by atoms with Crippen LogP contribution in [0.3, 0.4) is 0 Å². The zero-order valence-corrected chi connectivity index (χ0v) is 18.7. The van der Waals surface area contributed by atoms with Crippen molar-refractivity contribution >= 4 is 20.9 Å². The molecule has 1 unspecified atom stereocenters. The van der Waals surface area contributed by atoms with Crippen LogP contribution in [-0.4, -0.2) is 39.7 Å². The number of hydrogen-bond acceptors (Lipinski definition) is 6. The number of benzene rings is 2. The Kier molecular flexibility index (Phi) is 4.80. The highest BCUT2D eigenvalue weighted by Crippen LogP contribution is 2.38. The Morgan fingerprint density at radius 2 is 1.76 bits per heavy atom. The van der Waals surface area contributed by atoms with Gasteiger partial charge in [0.25, 0.3) is 0 Å². The van der Waals surface area contributed by atoms with E-state index in [1.54, 1.807) is 16.8 Å². The Bertz CT molecular complexity index is 1610. The molecule has 2 aromatic carbocycles. The van der Waals surface area contributed by atoms with Crippen molar-refractivity contribution in [3.8, 4) is 33.8 Å². The van der Waals surface area contributed by atoms with Crippen LogP contribution in [0, 0.1) is 5.82 Å². The minimum Gasteiger partial charge on any atom is -0.438 e. The topological polar surface area (TPSA) is 90.9 Å². The van der Waals surface area contributed by atoms with Gasteiger partial charge in [-0.3, -0.25) is 4.68 Å². The molecule has 170 valence electrons. The molecule has 1 aliphatic heterocycles. The Morgan fingerprint density at radius 1 is 0.971 bits per heavy atom. The minimum atomic E-state index is -3.10. The van der Waals surface area contributed by atoms with Crippen LogP contribution >= 0.6 is 0 Å². The van der Waals surface area contributed by atoms with Crippen molar-refractivity contribution in [2.75, 3.05) is 11.5 Å². The van der Waals surface area contributed by atoms with Gasteiger partial charge in [0, 0.05) is 22.9 Å². The molecule has 1 atom stereocenters. The first-order chi connectivity index (χ1) is 16.5. The van der Waals surface area contributed by atoms with Crippen molar-refractivity contribution in [3.05, 3.63) is 79.0 Å². The highest BCUT2D eigenvalue weighted by molar-refractivity contribution is 7.91. The minimum absolute atomic E-state index is 0.0417. The van der Waals surface area contributed by atoms with Gasteiger partial charge in [0.1, 0.15) is 23.6 Å². The molecule has 1 saturated heterocycles. The lowest BCUT2D eigenvalue weighted by Crippen LogP contribution is -2.11. The van der Waals surface area contributed by atoms with Gasteiger partial charge >= 0.3 is 0 Å². The number of nitrogens with zero attached hydrogens (tertiary/aromatic N) is 4. The van der Waals surface area contributed by atoms with Crippen LogP contribution in [0.1, 0.15) is 12.5 Å². The van der Waals surface area contributed by atoms with E-state index in [4.69, 9.17) is 9.52 Å². The van der Waals surface area contributed by atoms with Crippen LogP contribution in [0.4, 0.5) is 4.39 Å². The number of rotatable bonds is 4. The first-order valence-corrected chi connectivity index (χ1v) is 12.6. The molecule has 0 radical (unpaired) electrons. The number of halogens is 1.